The van der Waals surface area contributed by atoms with Gasteiger partial charge >= 0.3 is 11.9 Å². The highest BCUT2D eigenvalue weighted by Gasteiger charge is 2.31. The molecule has 0 aliphatic heterocycles. The molecule has 0 aliphatic carbocycles. The van der Waals surface area contributed by atoms with Crippen LogP contribution in [0.1, 0.15) is 5.56 Å². The van der Waals surface area contributed by atoms with Crippen LogP contribution in [0, 0.1) is 15.9 Å². The quantitative estimate of drug-likeness (QED) is 0.405. The first-order chi connectivity index (χ1) is 10.8. The minimum absolute atomic E-state index is 0.201. The number of pyridine rings is 1. The third-order valence-corrected chi connectivity index (χ3v) is 3.22. The van der Waals surface area contributed by atoms with Crippen LogP contribution in [-0.4, -0.2) is 14.3 Å². The Hall–Kier alpha value is -2.97. The average Bonchev–Trinajstić information content (AvgIpc) is 2.89. The number of hydrogen-bond donors (Lipinski definition) is 0. The minimum Gasteiger partial charge on any atom is -0.306 e. The molecule has 3 rings (SSSR count). The monoisotopic (exact) mass is 325 g/mol. The first-order valence-electron chi connectivity index (χ1n) is 6.26. The van der Waals surface area contributed by atoms with Gasteiger partial charge in [-0.25, -0.2) is 4.98 Å². The van der Waals surface area contributed by atoms with E-state index >= 15 is 0 Å². The molecule has 0 aliphatic rings. The molecule has 2 heterocycles. The Labute approximate surface area is 126 Å². The van der Waals surface area contributed by atoms with Gasteiger partial charge in [0.15, 0.2) is 0 Å². The molecule has 0 bridgehead atoms. The number of rotatable bonds is 2. The fourth-order valence-corrected chi connectivity index (χ4v) is 2.11. The third-order valence-electron chi connectivity index (χ3n) is 3.22. The summed E-state index contributed by atoms with van der Waals surface area (Å²) in [5.74, 6) is -0.998. The lowest BCUT2D eigenvalue weighted by Gasteiger charge is -2.05. The highest BCUT2D eigenvalue weighted by molar-refractivity contribution is 5.65. The second-order valence-corrected chi connectivity index (χ2v) is 4.73. The van der Waals surface area contributed by atoms with Gasteiger partial charge in [0.1, 0.15) is 5.65 Å². The van der Waals surface area contributed by atoms with E-state index < -0.39 is 28.2 Å². The second kappa shape index (κ2) is 5.04. The van der Waals surface area contributed by atoms with Gasteiger partial charge < -0.3 is 4.40 Å². The normalized spacial score (nSPS) is 11.8. The van der Waals surface area contributed by atoms with E-state index in [0.717, 1.165) is 28.8 Å². The smallest absolute Gasteiger partial charge is 0.306 e. The van der Waals surface area contributed by atoms with Gasteiger partial charge in [-0.05, 0) is 24.3 Å². The van der Waals surface area contributed by atoms with E-state index in [2.05, 4.69) is 4.98 Å². The minimum atomic E-state index is -4.49. The first-order valence-corrected chi connectivity index (χ1v) is 6.26. The first kappa shape index (κ1) is 14.9. The van der Waals surface area contributed by atoms with Crippen molar-refractivity contribution in [2.24, 2.45) is 0 Å². The number of nitrogens with zero attached hydrogens (tertiary/aromatic N) is 3. The SMILES string of the molecule is O=[N+]([O-])c1cc(-c2cn3cc(C(F)(F)F)ccc3n2)ccc1F. The van der Waals surface area contributed by atoms with Crippen LogP contribution in [-0.2, 0) is 6.18 Å². The molecule has 0 radical (unpaired) electrons. The van der Waals surface area contributed by atoms with Gasteiger partial charge in [0, 0.05) is 24.0 Å². The number of alkyl halides is 3. The molecule has 0 saturated heterocycles. The maximum Gasteiger partial charge on any atom is 0.417 e. The number of fused-ring (bicyclic) bond motifs is 1. The largest absolute Gasteiger partial charge is 0.417 e. The number of nitro benzene ring substituents is 1. The Bertz CT molecular complexity index is 918. The Morgan fingerprint density at radius 2 is 1.87 bits per heavy atom. The zero-order chi connectivity index (χ0) is 16.8. The van der Waals surface area contributed by atoms with Crippen molar-refractivity contribution in [3.63, 3.8) is 0 Å². The van der Waals surface area contributed by atoms with Crippen molar-refractivity contribution in [3.8, 4) is 11.3 Å². The fraction of sp³-hybridized carbons (Fsp3) is 0.0714. The highest BCUT2D eigenvalue weighted by atomic mass is 19.4. The van der Waals surface area contributed by atoms with E-state index in [1.165, 1.54) is 18.3 Å². The maximum absolute atomic E-state index is 13.3. The Morgan fingerprint density at radius 3 is 2.52 bits per heavy atom. The van der Waals surface area contributed by atoms with Crippen LogP contribution < -0.4 is 0 Å². The molecule has 0 spiro atoms. The summed E-state index contributed by atoms with van der Waals surface area (Å²) in [6, 6.07) is 5.25. The molecule has 2 aromatic heterocycles. The summed E-state index contributed by atoms with van der Waals surface area (Å²) in [5, 5.41) is 10.7. The molecule has 0 atom stereocenters. The predicted octanol–water partition coefficient (Wildman–Crippen LogP) is 4.07. The van der Waals surface area contributed by atoms with Gasteiger partial charge in [0.05, 0.1) is 16.2 Å². The van der Waals surface area contributed by atoms with Gasteiger partial charge in [-0.1, -0.05) is 0 Å². The summed E-state index contributed by atoms with van der Waals surface area (Å²) in [5.41, 5.74) is -0.905. The van der Waals surface area contributed by atoms with E-state index in [1.54, 1.807) is 0 Å². The predicted molar refractivity (Wildman–Crippen MR) is 72.2 cm³/mol. The van der Waals surface area contributed by atoms with Crippen LogP contribution in [0.3, 0.4) is 0 Å². The van der Waals surface area contributed by atoms with Crippen LogP contribution in [0.15, 0.2) is 42.7 Å². The number of halogens is 4. The van der Waals surface area contributed by atoms with Crippen molar-refractivity contribution in [1.29, 1.82) is 0 Å². The van der Waals surface area contributed by atoms with Crippen molar-refractivity contribution < 1.29 is 22.5 Å². The molecule has 118 valence electrons. The number of aromatic nitrogens is 2. The van der Waals surface area contributed by atoms with E-state index in [1.807, 2.05) is 0 Å². The van der Waals surface area contributed by atoms with Gasteiger partial charge in [0.2, 0.25) is 5.82 Å². The summed E-state index contributed by atoms with van der Waals surface area (Å²) in [4.78, 5) is 14.0. The van der Waals surface area contributed by atoms with E-state index in [0.29, 0.717) is 0 Å². The summed E-state index contributed by atoms with van der Waals surface area (Å²) >= 11 is 0. The molecule has 3 aromatic rings. The lowest BCUT2D eigenvalue weighted by molar-refractivity contribution is -0.387. The molecule has 5 nitrogen and oxygen atoms in total. The van der Waals surface area contributed by atoms with Gasteiger partial charge in [0.25, 0.3) is 0 Å². The van der Waals surface area contributed by atoms with Crippen LogP contribution in [0.25, 0.3) is 16.9 Å². The summed E-state index contributed by atoms with van der Waals surface area (Å²) in [6.07, 6.45) is -2.33. The molecule has 9 heteroatoms. The van der Waals surface area contributed by atoms with E-state index in [9.17, 15) is 27.7 Å². The molecule has 0 fully saturated rings. The Morgan fingerprint density at radius 1 is 1.13 bits per heavy atom. The molecule has 0 N–H and O–H groups in total. The summed E-state index contributed by atoms with van der Waals surface area (Å²) < 4.78 is 52.5. The molecule has 23 heavy (non-hydrogen) atoms. The lowest BCUT2D eigenvalue weighted by atomic mass is 10.1. The van der Waals surface area contributed by atoms with Gasteiger partial charge in [-0.3, -0.25) is 10.1 Å². The summed E-state index contributed by atoms with van der Waals surface area (Å²) in [7, 11) is 0. The molecule has 0 unspecified atom stereocenters. The third kappa shape index (κ3) is 2.72. The highest BCUT2D eigenvalue weighted by Crippen LogP contribution is 2.30. The van der Waals surface area contributed by atoms with Crippen molar-refractivity contribution in [2.75, 3.05) is 0 Å². The standard InChI is InChI=1S/C14H7F4N3O2/c15-10-3-1-8(5-12(10)21(22)23)11-7-20-6-9(14(16,17)18)2-4-13(20)19-11/h1-7H. The Kier molecular flexibility index (Phi) is 3.28. The zero-order valence-corrected chi connectivity index (χ0v) is 11.2. The van der Waals surface area contributed by atoms with Crippen molar-refractivity contribution in [2.45, 2.75) is 6.18 Å². The van der Waals surface area contributed by atoms with Crippen LogP contribution in [0.5, 0.6) is 0 Å². The number of imidazole rings is 1. The molecule has 1 aromatic carbocycles. The second-order valence-electron chi connectivity index (χ2n) is 4.73. The molecular formula is C14H7F4N3O2. The van der Waals surface area contributed by atoms with Crippen LogP contribution in [0.2, 0.25) is 0 Å². The van der Waals surface area contributed by atoms with Crippen LogP contribution >= 0.6 is 0 Å². The zero-order valence-electron chi connectivity index (χ0n) is 11.2. The topological polar surface area (TPSA) is 60.4 Å². The fourth-order valence-electron chi connectivity index (χ4n) is 2.11. The number of hydrogen-bond acceptors (Lipinski definition) is 3. The van der Waals surface area contributed by atoms with Crippen molar-refractivity contribution >= 4 is 11.3 Å². The van der Waals surface area contributed by atoms with E-state index in [4.69, 9.17) is 0 Å². The number of benzene rings is 1. The van der Waals surface area contributed by atoms with E-state index in [-0.39, 0.29) is 16.9 Å². The van der Waals surface area contributed by atoms with Gasteiger partial charge in [-0.15, -0.1) is 0 Å². The maximum atomic E-state index is 13.3. The molecular weight excluding hydrogens is 318 g/mol. The summed E-state index contributed by atoms with van der Waals surface area (Å²) in [6.45, 7) is 0. The molecule has 0 amide bonds. The molecule has 0 saturated carbocycles. The Balaban J connectivity index is 2.11. The number of nitro groups is 1. The van der Waals surface area contributed by atoms with Crippen LogP contribution in [0.4, 0.5) is 23.2 Å². The lowest BCUT2D eigenvalue weighted by Crippen LogP contribution is -2.05. The average molecular weight is 325 g/mol. The van der Waals surface area contributed by atoms with Crippen molar-refractivity contribution in [3.05, 3.63) is 64.2 Å². The van der Waals surface area contributed by atoms with Crippen molar-refractivity contribution in [1.82, 2.24) is 9.38 Å². The van der Waals surface area contributed by atoms with Gasteiger partial charge in [-0.2, -0.15) is 17.6 Å².